The van der Waals surface area contributed by atoms with Gasteiger partial charge >= 0.3 is 0 Å². The minimum atomic E-state index is 0.890. The van der Waals surface area contributed by atoms with E-state index < -0.39 is 0 Å². The maximum absolute atomic E-state index is 2.45. The van der Waals surface area contributed by atoms with Gasteiger partial charge in [-0.05, 0) is 73.9 Å². The zero-order chi connectivity index (χ0) is 12.1. The molecule has 98 valence electrons. The Bertz CT molecular complexity index is 230. The largest absolute Gasteiger partial charge is 0.138 e. The standard InChI is InChI=1S/C16H28S/c1-13-3-7-15(8-4-13)16-9-5-14(6-10-16)11-12-17-2/h11-16H,3-10H2,1-2H3. The molecule has 0 bridgehead atoms. The van der Waals surface area contributed by atoms with Gasteiger partial charge in [-0.3, -0.25) is 0 Å². The summed E-state index contributed by atoms with van der Waals surface area (Å²) in [6.45, 7) is 2.43. The molecule has 0 amide bonds. The molecule has 2 aliphatic carbocycles. The number of allylic oxidation sites excluding steroid dienone is 1. The first-order chi connectivity index (χ1) is 8.29. The van der Waals surface area contributed by atoms with Gasteiger partial charge in [-0.2, -0.15) is 0 Å². The van der Waals surface area contributed by atoms with Gasteiger partial charge in [-0.15, -0.1) is 11.8 Å². The minimum absolute atomic E-state index is 0.890. The molecular weight excluding hydrogens is 224 g/mol. The Balaban J connectivity index is 1.73. The molecule has 0 aliphatic heterocycles. The van der Waals surface area contributed by atoms with Crippen LogP contribution in [-0.4, -0.2) is 6.26 Å². The average molecular weight is 252 g/mol. The minimum Gasteiger partial charge on any atom is -0.138 e. The summed E-state index contributed by atoms with van der Waals surface area (Å²) in [7, 11) is 0. The molecule has 1 heteroatoms. The van der Waals surface area contributed by atoms with Gasteiger partial charge in [-0.25, -0.2) is 0 Å². The van der Waals surface area contributed by atoms with Crippen LogP contribution in [0.4, 0.5) is 0 Å². The van der Waals surface area contributed by atoms with Crippen molar-refractivity contribution in [3.63, 3.8) is 0 Å². The van der Waals surface area contributed by atoms with Crippen LogP contribution in [0.2, 0.25) is 0 Å². The third kappa shape index (κ3) is 4.05. The first-order valence-corrected chi connectivity index (χ1v) is 8.78. The van der Waals surface area contributed by atoms with Gasteiger partial charge in [0.15, 0.2) is 0 Å². The molecule has 0 aromatic rings. The summed E-state index contributed by atoms with van der Waals surface area (Å²) in [6.07, 6.45) is 16.6. The van der Waals surface area contributed by atoms with E-state index in [1.54, 1.807) is 0 Å². The molecule has 2 fully saturated rings. The highest BCUT2D eigenvalue weighted by Crippen LogP contribution is 2.41. The molecule has 0 saturated heterocycles. The highest BCUT2D eigenvalue weighted by molar-refractivity contribution is 8.01. The van der Waals surface area contributed by atoms with Crippen LogP contribution < -0.4 is 0 Å². The molecule has 0 N–H and O–H groups in total. The van der Waals surface area contributed by atoms with Gasteiger partial charge < -0.3 is 0 Å². The normalized spacial score (nSPS) is 39.6. The van der Waals surface area contributed by atoms with Crippen LogP contribution in [0.25, 0.3) is 0 Å². The molecule has 0 aromatic carbocycles. The van der Waals surface area contributed by atoms with Gasteiger partial charge in [-0.1, -0.05) is 25.8 Å². The lowest BCUT2D eigenvalue weighted by Gasteiger charge is -2.36. The Hall–Kier alpha value is 0.0900. The van der Waals surface area contributed by atoms with E-state index in [1.807, 2.05) is 11.8 Å². The van der Waals surface area contributed by atoms with Crippen LogP contribution in [0, 0.1) is 23.7 Å². The topological polar surface area (TPSA) is 0 Å². The number of thioether (sulfide) groups is 1. The maximum atomic E-state index is 2.45. The molecular formula is C16H28S. The van der Waals surface area contributed by atoms with E-state index in [0.717, 1.165) is 23.7 Å². The van der Waals surface area contributed by atoms with Crippen molar-refractivity contribution in [3.8, 4) is 0 Å². The lowest BCUT2D eigenvalue weighted by atomic mass is 9.69. The van der Waals surface area contributed by atoms with Crippen molar-refractivity contribution >= 4 is 11.8 Å². The predicted molar refractivity (Wildman–Crippen MR) is 79.2 cm³/mol. The molecule has 2 aliphatic rings. The molecule has 2 rings (SSSR count). The summed E-state index contributed by atoms with van der Waals surface area (Å²) < 4.78 is 0. The highest BCUT2D eigenvalue weighted by Gasteiger charge is 2.29. The van der Waals surface area contributed by atoms with E-state index in [9.17, 15) is 0 Å². The van der Waals surface area contributed by atoms with Crippen molar-refractivity contribution in [1.82, 2.24) is 0 Å². The average Bonchev–Trinajstić information content (AvgIpc) is 2.38. The molecule has 0 unspecified atom stereocenters. The molecule has 0 heterocycles. The van der Waals surface area contributed by atoms with Crippen molar-refractivity contribution in [2.75, 3.05) is 6.26 Å². The van der Waals surface area contributed by atoms with Gasteiger partial charge in [0.05, 0.1) is 0 Å². The predicted octanol–water partition coefficient (Wildman–Crippen LogP) is 5.50. The summed E-state index contributed by atoms with van der Waals surface area (Å²) in [6, 6.07) is 0. The van der Waals surface area contributed by atoms with Gasteiger partial charge in [0, 0.05) is 0 Å². The highest BCUT2D eigenvalue weighted by atomic mass is 32.2. The van der Waals surface area contributed by atoms with E-state index in [1.165, 1.54) is 51.4 Å². The van der Waals surface area contributed by atoms with Gasteiger partial charge in [0.25, 0.3) is 0 Å². The summed E-state index contributed by atoms with van der Waals surface area (Å²) >= 11 is 1.84. The summed E-state index contributed by atoms with van der Waals surface area (Å²) in [4.78, 5) is 0. The molecule has 0 atom stereocenters. The fraction of sp³-hybridized carbons (Fsp3) is 0.875. The number of rotatable bonds is 3. The van der Waals surface area contributed by atoms with Crippen LogP contribution in [-0.2, 0) is 0 Å². The van der Waals surface area contributed by atoms with Crippen molar-refractivity contribution in [2.24, 2.45) is 23.7 Å². The van der Waals surface area contributed by atoms with E-state index in [4.69, 9.17) is 0 Å². The molecule has 0 aromatic heterocycles. The monoisotopic (exact) mass is 252 g/mol. The van der Waals surface area contributed by atoms with Crippen LogP contribution in [0.1, 0.15) is 58.3 Å². The van der Waals surface area contributed by atoms with Crippen molar-refractivity contribution in [1.29, 1.82) is 0 Å². The van der Waals surface area contributed by atoms with Crippen LogP contribution >= 0.6 is 11.8 Å². The summed E-state index contributed by atoms with van der Waals surface area (Å²) in [5.74, 6) is 4.05. The third-order valence-corrected chi connectivity index (χ3v) is 5.46. The second-order valence-electron chi connectivity index (χ2n) is 6.26. The molecule has 2 saturated carbocycles. The molecule has 0 radical (unpaired) electrons. The second kappa shape index (κ2) is 6.87. The SMILES string of the molecule is CSC=CC1CCC(C2CCC(C)CC2)CC1. The fourth-order valence-electron chi connectivity index (χ4n) is 3.76. The lowest BCUT2D eigenvalue weighted by molar-refractivity contribution is 0.160. The Morgan fingerprint density at radius 2 is 1.35 bits per heavy atom. The fourth-order valence-corrected chi connectivity index (χ4v) is 4.14. The number of hydrogen-bond donors (Lipinski definition) is 0. The van der Waals surface area contributed by atoms with Crippen molar-refractivity contribution < 1.29 is 0 Å². The zero-order valence-electron chi connectivity index (χ0n) is 11.5. The summed E-state index contributed by atoms with van der Waals surface area (Å²) in [5, 5.41) is 2.29. The van der Waals surface area contributed by atoms with E-state index in [0.29, 0.717) is 0 Å². The van der Waals surface area contributed by atoms with Crippen LogP contribution in [0.15, 0.2) is 11.5 Å². The van der Waals surface area contributed by atoms with E-state index in [2.05, 4.69) is 24.7 Å². The first-order valence-electron chi connectivity index (χ1n) is 7.49. The molecule has 0 nitrogen and oxygen atoms in total. The van der Waals surface area contributed by atoms with Gasteiger partial charge in [0.1, 0.15) is 0 Å². The second-order valence-corrected chi connectivity index (χ2v) is 7.00. The first kappa shape index (κ1) is 13.5. The Morgan fingerprint density at radius 3 is 1.88 bits per heavy atom. The van der Waals surface area contributed by atoms with Crippen molar-refractivity contribution in [2.45, 2.75) is 58.3 Å². The molecule has 17 heavy (non-hydrogen) atoms. The number of hydrogen-bond acceptors (Lipinski definition) is 1. The van der Waals surface area contributed by atoms with E-state index >= 15 is 0 Å². The molecule has 0 spiro atoms. The Kier molecular flexibility index (Phi) is 5.47. The zero-order valence-corrected chi connectivity index (χ0v) is 12.3. The van der Waals surface area contributed by atoms with Crippen LogP contribution in [0.5, 0.6) is 0 Å². The smallest absolute Gasteiger partial charge is 0.0142 e. The lowest BCUT2D eigenvalue weighted by Crippen LogP contribution is -2.24. The maximum Gasteiger partial charge on any atom is -0.0142 e. The van der Waals surface area contributed by atoms with Crippen molar-refractivity contribution in [3.05, 3.63) is 11.5 Å². The van der Waals surface area contributed by atoms with Crippen LogP contribution in [0.3, 0.4) is 0 Å². The van der Waals surface area contributed by atoms with Gasteiger partial charge in [0.2, 0.25) is 0 Å². The quantitative estimate of drug-likeness (QED) is 0.639. The summed E-state index contributed by atoms with van der Waals surface area (Å²) in [5.41, 5.74) is 0. The Morgan fingerprint density at radius 1 is 0.824 bits per heavy atom. The Labute approximate surface area is 112 Å². The third-order valence-electron chi connectivity index (χ3n) is 5.03. The van der Waals surface area contributed by atoms with E-state index in [-0.39, 0.29) is 0 Å².